The molecule has 5 heteroatoms. The maximum absolute atomic E-state index is 12.7. The van der Waals surface area contributed by atoms with Crippen molar-refractivity contribution in [3.63, 3.8) is 0 Å². The molecular formula is C18H16N2O2S. The molecule has 1 unspecified atom stereocenters. The number of benzene rings is 2. The van der Waals surface area contributed by atoms with Gasteiger partial charge in [-0.15, -0.1) is 0 Å². The van der Waals surface area contributed by atoms with Crippen molar-refractivity contribution in [3.8, 4) is 6.07 Å². The zero-order valence-electron chi connectivity index (χ0n) is 12.7. The smallest absolute Gasteiger partial charge is 0.227 e. The van der Waals surface area contributed by atoms with Gasteiger partial charge in [0.25, 0.3) is 0 Å². The van der Waals surface area contributed by atoms with E-state index in [1.165, 1.54) is 0 Å². The van der Waals surface area contributed by atoms with Crippen LogP contribution in [0.4, 0.5) is 5.69 Å². The first kappa shape index (κ1) is 15.4. The Morgan fingerprint density at radius 3 is 2.52 bits per heavy atom. The summed E-state index contributed by atoms with van der Waals surface area (Å²) >= 11 is 0. The number of rotatable bonds is 4. The quantitative estimate of drug-likeness (QED) is 0.937. The van der Waals surface area contributed by atoms with Gasteiger partial charge >= 0.3 is 0 Å². The molecule has 0 saturated heterocycles. The number of amides is 1. The Kier molecular flexibility index (Phi) is 4.26. The van der Waals surface area contributed by atoms with Gasteiger partial charge in [-0.2, -0.15) is 5.26 Å². The van der Waals surface area contributed by atoms with Gasteiger partial charge in [0.2, 0.25) is 5.91 Å². The monoisotopic (exact) mass is 324 g/mol. The first-order valence-electron chi connectivity index (χ1n) is 7.42. The van der Waals surface area contributed by atoms with Gasteiger partial charge in [-0.25, -0.2) is 4.21 Å². The standard InChI is InChI=1S/C18H16N2O2S/c1-12-2-7-16(8-3-12)23(22)17-9-6-15(10-14(17)11-19)20-18(21)13-4-5-13/h2-3,6-10,13H,4-5H2,1H3,(H,20,21). The molecule has 0 aliphatic heterocycles. The molecule has 3 rings (SSSR count). The van der Waals surface area contributed by atoms with E-state index in [0.29, 0.717) is 21.0 Å². The van der Waals surface area contributed by atoms with E-state index in [0.717, 1.165) is 18.4 Å². The van der Waals surface area contributed by atoms with E-state index in [4.69, 9.17) is 0 Å². The second-order valence-corrected chi connectivity index (χ2v) is 7.12. The van der Waals surface area contributed by atoms with Crippen molar-refractivity contribution in [2.45, 2.75) is 29.6 Å². The molecule has 1 amide bonds. The van der Waals surface area contributed by atoms with E-state index in [9.17, 15) is 14.3 Å². The second-order valence-electron chi connectivity index (χ2n) is 5.67. The zero-order valence-corrected chi connectivity index (χ0v) is 13.5. The van der Waals surface area contributed by atoms with Crippen LogP contribution in [0.3, 0.4) is 0 Å². The molecule has 4 nitrogen and oxygen atoms in total. The van der Waals surface area contributed by atoms with Crippen molar-refractivity contribution in [1.29, 1.82) is 5.26 Å². The van der Waals surface area contributed by atoms with E-state index in [-0.39, 0.29) is 11.8 Å². The van der Waals surface area contributed by atoms with E-state index in [1.54, 1.807) is 30.3 Å². The van der Waals surface area contributed by atoms with Crippen LogP contribution in [0.1, 0.15) is 24.0 Å². The lowest BCUT2D eigenvalue weighted by Crippen LogP contribution is -2.13. The minimum absolute atomic E-state index is 0.0127. The second kappa shape index (κ2) is 6.35. The van der Waals surface area contributed by atoms with Crippen LogP contribution in [0.2, 0.25) is 0 Å². The van der Waals surface area contributed by atoms with Gasteiger partial charge in [0, 0.05) is 16.5 Å². The fourth-order valence-electron chi connectivity index (χ4n) is 2.24. The molecule has 0 aromatic heterocycles. The van der Waals surface area contributed by atoms with Gasteiger partial charge in [0.05, 0.1) is 21.3 Å². The van der Waals surface area contributed by atoms with Crippen molar-refractivity contribution in [3.05, 3.63) is 53.6 Å². The van der Waals surface area contributed by atoms with Gasteiger partial charge in [0.15, 0.2) is 0 Å². The Bertz CT molecular complexity index is 818. The Labute approximate surface area is 137 Å². The molecular weight excluding hydrogens is 308 g/mol. The average molecular weight is 324 g/mol. The lowest BCUT2D eigenvalue weighted by Gasteiger charge is -2.09. The maximum Gasteiger partial charge on any atom is 0.227 e. The normalized spacial score (nSPS) is 14.8. The molecule has 0 radical (unpaired) electrons. The summed E-state index contributed by atoms with van der Waals surface area (Å²) in [7, 11) is -1.42. The molecule has 0 heterocycles. The third-order valence-electron chi connectivity index (χ3n) is 3.75. The topological polar surface area (TPSA) is 70.0 Å². The number of nitrogens with one attached hydrogen (secondary N) is 1. The van der Waals surface area contributed by atoms with Crippen LogP contribution in [0.25, 0.3) is 0 Å². The summed E-state index contributed by atoms with van der Waals surface area (Å²) in [5.74, 6) is 0.0863. The molecule has 0 spiro atoms. The van der Waals surface area contributed by atoms with E-state index in [2.05, 4.69) is 11.4 Å². The molecule has 1 saturated carbocycles. The Balaban J connectivity index is 1.87. The fourth-order valence-corrected chi connectivity index (χ4v) is 3.37. The highest BCUT2D eigenvalue weighted by atomic mass is 32.2. The number of aryl methyl sites for hydroxylation is 1. The van der Waals surface area contributed by atoms with Crippen LogP contribution < -0.4 is 5.32 Å². The third kappa shape index (κ3) is 3.49. The Morgan fingerprint density at radius 2 is 1.91 bits per heavy atom. The predicted molar refractivity (Wildman–Crippen MR) is 88.4 cm³/mol. The van der Waals surface area contributed by atoms with Crippen LogP contribution in [0.15, 0.2) is 52.3 Å². The highest BCUT2D eigenvalue weighted by Gasteiger charge is 2.29. The first-order chi connectivity index (χ1) is 11.1. The summed E-state index contributed by atoms with van der Waals surface area (Å²) in [6.07, 6.45) is 1.85. The molecule has 1 fully saturated rings. The number of carbonyl (C=O) groups excluding carboxylic acids is 1. The highest BCUT2D eigenvalue weighted by Crippen LogP contribution is 2.31. The van der Waals surface area contributed by atoms with Gasteiger partial charge in [-0.1, -0.05) is 17.7 Å². The van der Waals surface area contributed by atoms with Crippen LogP contribution in [-0.2, 0) is 15.6 Å². The molecule has 1 aliphatic carbocycles. The van der Waals surface area contributed by atoms with Gasteiger partial charge in [0.1, 0.15) is 6.07 Å². The average Bonchev–Trinajstić information content (AvgIpc) is 3.40. The summed E-state index contributed by atoms with van der Waals surface area (Å²) in [4.78, 5) is 12.9. The largest absolute Gasteiger partial charge is 0.326 e. The number of nitriles is 1. The number of anilines is 1. The summed E-state index contributed by atoms with van der Waals surface area (Å²) in [5.41, 5.74) is 1.98. The van der Waals surface area contributed by atoms with Crippen molar-refractivity contribution >= 4 is 22.4 Å². The van der Waals surface area contributed by atoms with Crippen LogP contribution in [0.5, 0.6) is 0 Å². The van der Waals surface area contributed by atoms with E-state index < -0.39 is 10.8 Å². The van der Waals surface area contributed by atoms with Crippen molar-refractivity contribution in [1.82, 2.24) is 0 Å². The Hall–Kier alpha value is -2.45. The van der Waals surface area contributed by atoms with Crippen LogP contribution in [-0.4, -0.2) is 10.1 Å². The fraction of sp³-hybridized carbons (Fsp3) is 0.222. The van der Waals surface area contributed by atoms with Crippen LogP contribution >= 0.6 is 0 Å². The van der Waals surface area contributed by atoms with Crippen molar-refractivity contribution in [2.75, 3.05) is 5.32 Å². The lowest BCUT2D eigenvalue weighted by atomic mass is 10.2. The number of nitrogens with zero attached hydrogens (tertiary/aromatic N) is 1. The number of hydrogen-bond donors (Lipinski definition) is 1. The summed E-state index contributed by atoms with van der Waals surface area (Å²) < 4.78 is 12.7. The van der Waals surface area contributed by atoms with E-state index in [1.807, 2.05) is 19.1 Å². The third-order valence-corrected chi connectivity index (χ3v) is 5.21. The van der Waals surface area contributed by atoms with Crippen molar-refractivity contribution < 1.29 is 9.00 Å². The maximum atomic E-state index is 12.7. The minimum atomic E-state index is -1.42. The van der Waals surface area contributed by atoms with Crippen LogP contribution in [0, 0.1) is 24.2 Å². The first-order valence-corrected chi connectivity index (χ1v) is 8.57. The molecule has 116 valence electrons. The lowest BCUT2D eigenvalue weighted by molar-refractivity contribution is -0.117. The number of carbonyl (C=O) groups is 1. The SMILES string of the molecule is Cc1ccc(S(=O)c2ccc(NC(=O)C3CC3)cc2C#N)cc1. The zero-order chi connectivity index (χ0) is 16.4. The predicted octanol–water partition coefficient (Wildman–Crippen LogP) is 3.38. The minimum Gasteiger partial charge on any atom is -0.326 e. The molecule has 23 heavy (non-hydrogen) atoms. The number of hydrogen-bond acceptors (Lipinski definition) is 3. The Morgan fingerprint density at radius 1 is 1.22 bits per heavy atom. The van der Waals surface area contributed by atoms with E-state index >= 15 is 0 Å². The summed E-state index contributed by atoms with van der Waals surface area (Å²) in [6.45, 7) is 1.96. The van der Waals surface area contributed by atoms with Gasteiger partial charge < -0.3 is 5.32 Å². The molecule has 1 aliphatic rings. The molecule has 0 bridgehead atoms. The highest BCUT2D eigenvalue weighted by molar-refractivity contribution is 7.85. The molecule has 2 aromatic carbocycles. The van der Waals surface area contributed by atoms with Crippen molar-refractivity contribution in [2.24, 2.45) is 5.92 Å². The summed E-state index contributed by atoms with van der Waals surface area (Å²) in [6, 6.07) is 14.4. The van der Waals surface area contributed by atoms with Gasteiger partial charge in [-0.3, -0.25) is 4.79 Å². The molecule has 1 N–H and O–H groups in total. The molecule has 2 aromatic rings. The van der Waals surface area contributed by atoms with Gasteiger partial charge in [-0.05, 0) is 50.1 Å². The molecule has 1 atom stereocenters. The summed E-state index contributed by atoms with van der Waals surface area (Å²) in [5, 5.41) is 12.1.